The Labute approximate surface area is 145 Å². The number of ether oxygens (including phenoxy) is 1. The topological polar surface area (TPSA) is 81.1 Å². The van der Waals surface area contributed by atoms with Crippen molar-refractivity contribution in [2.75, 3.05) is 12.0 Å². The van der Waals surface area contributed by atoms with Gasteiger partial charge < -0.3 is 9.64 Å². The van der Waals surface area contributed by atoms with E-state index < -0.39 is 0 Å². The van der Waals surface area contributed by atoms with Crippen LogP contribution in [0.5, 0.6) is 0 Å². The van der Waals surface area contributed by atoms with Gasteiger partial charge in [0.05, 0.1) is 37.3 Å². The second-order valence-electron chi connectivity index (χ2n) is 5.36. The van der Waals surface area contributed by atoms with Crippen molar-refractivity contribution < 1.29 is 9.53 Å². The Kier molecular flexibility index (Phi) is 4.94. The van der Waals surface area contributed by atoms with Crippen LogP contribution < -0.4 is 4.90 Å². The first kappa shape index (κ1) is 16.5. The summed E-state index contributed by atoms with van der Waals surface area (Å²) < 4.78 is 4.72. The van der Waals surface area contributed by atoms with E-state index >= 15 is 0 Å². The fourth-order valence-corrected chi connectivity index (χ4v) is 2.34. The number of anilines is 2. The number of rotatable bonds is 5. The summed E-state index contributed by atoms with van der Waals surface area (Å²) in [6.07, 6.45) is 8.31. The van der Waals surface area contributed by atoms with Gasteiger partial charge >= 0.3 is 5.97 Å². The molecule has 0 amide bonds. The van der Waals surface area contributed by atoms with Crippen LogP contribution in [0.15, 0.2) is 55.2 Å². The number of hydrogen-bond donors (Lipinski definition) is 0. The minimum absolute atomic E-state index is 0.359. The summed E-state index contributed by atoms with van der Waals surface area (Å²) in [6.45, 7) is 2.40. The predicted molar refractivity (Wildman–Crippen MR) is 92.4 cm³/mol. The van der Waals surface area contributed by atoms with Crippen molar-refractivity contribution in [2.45, 2.75) is 13.5 Å². The van der Waals surface area contributed by atoms with Gasteiger partial charge in [0.2, 0.25) is 0 Å². The molecule has 2 heterocycles. The molecule has 3 aromatic rings. The Balaban J connectivity index is 1.91. The minimum Gasteiger partial charge on any atom is -0.465 e. The highest BCUT2D eigenvalue weighted by Gasteiger charge is 2.14. The molecule has 0 N–H and O–H groups in total. The zero-order chi connectivity index (χ0) is 17.6. The molecular formula is C18H17N5O2. The molecule has 0 aliphatic carbocycles. The molecule has 25 heavy (non-hydrogen) atoms. The molecule has 0 fully saturated rings. The molecule has 0 radical (unpaired) electrons. The number of aromatic nitrogens is 4. The third-order valence-corrected chi connectivity index (χ3v) is 3.56. The van der Waals surface area contributed by atoms with Gasteiger partial charge in [-0.25, -0.2) is 14.8 Å². The SMILES string of the molecule is COC(=O)c1ccc(CN(c2cnccn2)c2cncc(C)n2)cc1. The van der Waals surface area contributed by atoms with Crippen LogP contribution in [0.3, 0.4) is 0 Å². The monoisotopic (exact) mass is 335 g/mol. The molecule has 0 atom stereocenters. The molecule has 0 saturated heterocycles. The molecular weight excluding hydrogens is 318 g/mol. The van der Waals surface area contributed by atoms with Gasteiger partial charge in [0, 0.05) is 18.6 Å². The van der Waals surface area contributed by atoms with Crippen LogP contribution >= 0.6 is 0 Å². The standard InChI is InChI=1S/C18H17N5O2/c1-13-9-20-11-17(22-13)23(16-10-19-7-8-21-16)12-14-3-5-15(6-4-14)18(24)25-2/h3-11H,12H2,1-2H3. The van der Waals surface area contributed by atoms with Gasteiger partial charge in [-0.1, -0.05) is 12.1 Å². The van der Waals surface area contributed by atoms with Crippen LogP contribution in [0.1, 0.15) is 21.6 Å². The van der Waals surface area contributed by atoms with Gasteiger partial charge in [-0.05, 0) is 24.6 Å². The maximum Gasteiger partial charge on any atom is 0.337 e. The molecule has 3 rings (SSSR count). The highest BCUT2D eigenvalue weighted by Crippen LogP contribution is 2.23. The van der Waals surface area contributed by atoms with Crippen molar-refractivity contribution in [3.63, 3.8) is 0 Å². The first-order valence-corrected chi connectivity index (χ1v) is 7.67. The molecule has 0 unspecified atom stereocenters. The van der Waals surface area contributed by atoms with Crippen molar-refractivity contribution in [3.05, 3.63) is 72.1 Å². The number of nitrogens with zero attached hydrogens (tertiary/aromatic N) is 5. The number of hydrogen-bond acceptors (Lipinski definition) is 7. The van der Waals surface area contributed by atoms with Crippen molar-refractivity contribution in [3.8, 4) is 0 Å². The summed E-state index contributed by atoms with van der Waals surface area (Å²) in [5, 5.41) is 0. The molecule has 7 nitrogen and oxygen atoms in total. The third kappa shape index (κ3) is 3.95. The van der Waals surface area contributed by atoms with Crippen LogP contribution in [0.2, 0.25) is 0 Å². The Morgan fingerprint density at radius 1 is 1.04 bits per heavy atom. The fraction of sp³-hybridized carbons (Fsp3) is 0.167. The van der Waals surface area contributed by atoms with Crippen LogP contribution in [0, 0.1) is 6.92 Å². The van der Waals surface area contributed by atoms with E-state index in [0.29, 0.717) is 23.7 Å². The summed E-state index contributed by atoms with van der Waals surface area (Å²) >= 11 is 0. The maximum absolute atomic E-state index is 11.6. The number of methoxy groups -OCH3 is 1. The van der Waals surface area contributed by atoms with Crippen molar-refractivity contribution in [2.24, 2.45) is 0 Å². The zero-order valence-corrected chi connectivity index (χ0v) is 14.0. The molecule has 0 aliphatic heterocycles. The Morgan fingerprint density at radius 3 is 2.44 bits per heavy atom. The lowest BCUT2D eigenvalue weighted by Crippen LogP contribution is -2.19. The minimum atomic E-state index is -0.359. The second kappa shape index (κ2) is 7.48. The van der Waals surface area contributed by atoms with Gasteiger partial charge in [-0.15, -0.1) is 0 Å². The molecule has 0 bridgehead atoms. The van der Waals surface area contributed by atoms with E-state index in [1.165, 1.54) is 7.11 Å². The first-order valence-electron chi connectivity index (χ1n) is 7.67. The lowest BCUT2D eigenvalue weighted by atomic mass is 10.1. The molecule has 7 heteroatoms. The van der Waals surface area contributed by atoms with Crippen molar-refractivity contribution in [1.29, 1.82) is 0 Å². The first-order chi connectivity index (χ1) is 12.2. The van der Waals surface area contributed by atoms with Crippen LogP contribution in [-0.2, 0) is 11.3 Å². The molecule has 2 aromatic heterocycles. The summed E-state index contributed by atoms with van der Waals surface area (Å²) in [5.41, 5.74) is 2.31. The zero-order valence-electron chi connectivity index (χ0n) is 14.0. The number of esters is 1. The van der Waals surface area contributed by atoms with Gasteiger partial charge in [-0.2, -0.15) is 0 Å². The summed E-state index contributed by atoms with van der Waals surface area (Å²) in [4.78, 5) is 30.7. The van der Waals surface area contributed by atoms with E-state index in [1.54, 1.807) is 43.1 Å². The number of carbonyl (C=O) groups is 1. The summed E-state index contributed by atoms with van der Waals surface area (Å²) in [6, 6.07) is 7.22. The lowest BCUT2D eigenvalue weighted by Gasteiger charge is -2.22. The van der Waals surface area contributed by atoms with Gasteiger partial charge in [0.1, 0.15) is 0 Å². The smallest absolute Gasteiger partial charge is 0.337 e. The quantitative estimate of drug-likeness (QED) is 0.663. The van der Waals surface area contributed by atoms with Crippen LogP contribution in [0.4, 0.5) is 11.6 Å². The summed E-state index contributed by atoms with van der Waals surface area (Å²) in [7, 11) is 1.36. The number of benzene rings is 1. The van der Waals surface area contributed by atoms with E-state index in [1.807, 2.05) is 24.0 Å². The van der Waals surface area contributed by atoms with Gasteiger partial charge in [0.25, 0.3) is 0 Å². The fourth-order valence-electron chi connectivity index (χ4n) is 2.34. The van der Waals surface area contributed by atoms with E-state index in [4.69, 9.17) is 4.74 Å². The number of carbonyl (C=O) groups excluding carboxylic acids is 1. The average molecular weight is 335 g/mol. The summed E-state index contributed by atoms with van der Waals surface area (Å²) in [5.74, 6) is 0.985. The predicted octanol–water partition coefficient (Wildman–Crippen LogP) is 2.70. The van der Waals surface area contributed by atoms with E-state index in [9.17, 15) is 4.79 Å². The van der Waals surface area contributed by atoms with Crippen LogP contribution in [-0.4, -0.2) is 33.0 Å². The van der Waals surface area contributed by atoms with E-state index in [0.717, 1.165) is 11.3 Å². The third-order valence-electron chi connectivity index (χ3n) is 3.56. The molecule has 0 aliphatic rings. The highest BCUT2D eigenvalue weighted by atomic mass is 16.5. The maximum atomic E-state index is 11.6. The number of aryl methyl sites for hydroxylation is 1. The van der Waals surface area contributed by atoms with E-state index in [-0.39, 0.29) is 5.97 Å². The Hall–Kier alpha value is -3.35. The van der Waals surface area contributed by atoms with Crippen molar-refractivity contribution in [1.82, 2.24) is 19.9 Å². The van der Waals surface area contributed by atoms with Crippen LogP contribution in [0.25, 0.3) is 0 Å². The lowest BCUT2D eigenvalue weighted by molar-refractivity contribution is 0.0600. The normalized spacial score (nSPS) is 10.3. The van der Waals surface area contributed by atoms with E-state index in [2.05, 4.69) is 19.9 Å². The molecule has 1 aromatic carbocycles. The Bertz CT molecular complexity index is 853. The molecule has 0 saturated carbocycles. The van der Waals surface area contributed by atoms with Gasteiger partial charge in [0.15, 0.2) is 11.6 Å². The van der Waals surface area contributed by atoms with Gasteiger partial charge in [-0.3, -0.25) is 9.97 Å². The molecule has 126 valence electrons. The highest BCUT2D eigenvalue weighted by molar-refractivity contribution is 5.89. The molecule has 0 spiro atoms. The largest absolute Gasteiger partial charge is 0.465 e. The second-order valence-corrected chi connectivity index (χ2v) is 5.36. The average Bonchev–Trinajstić information content (AvgIpc) is 2.66. The Morgan fingerprint density at radius 2 is 1.80 bits per heavy atom. The van der Waals surface area contributed by atoms with Crippen molar-refractivity contribution >= 4 is 17.6 Å².